The SMILES string of the molecule is O=S(=O)(c1ccc(Cl)cc1)N(Cc1ccc(Cl)c(Cl)c1)Cc1ccc(C=Nc2ccccc2)o1. The van der Waals surface area contributed by atoms with Crippen molar-refractivity contribution < 1.29 is 12.8 Å². The van der Waals surface area contributed by atoms with Crippen LogP contribution < -0.4 is 0 Å². The van der Waals surface area contributed by atoms with E-state index in [1.807, 2.05) is 30.3 Å². The van der Waals surface area contributed by atoms with Crippen molar-refractivity contribution in [2.45, 2.75) is 18.0 Å². The minimum atomic E-state index is -3.88. The Labute approximate surface area is 213 Å². The Morgan fingerprint density at radius 3 is 2.26 bits per heavy atom. The maximum Gasteiger partial charge on any atom is 0.243 e. The fourth-order valence-corrected chi connectivity index (χ4v) is 5.04. The van der Waals surface area contributed by atoms with E-state index < -0.39 is 10.0 Å². The Morgan fingerprint density at radius 1 is 0.824 bits per heavy atom. The first-order chi connectivity index (χ1) is 16.3. The highest BCUT2D eigenvalue weighted by Gasteiger charge is 2.26. The molecule has 3 aromatic carbocycles. The van der Waals surface area contributed by atoms with Gasteiger partial charge in [-0.15, -0.1) is 0 Å². The molecule has 0 saturated carbocycles. The molecule has 0 fully saturated rings. The molecule has 0 N–H and O–H groups in total. The van der Waals surface area contributed by atoms with Gasteiger partial charge in [0.25, 0.3) is 0 Å². The molecule has 4 rings (SSSR count). The van der Waals surface area contributed by atoms with Gasteiger partial charge in [-0.1, -0.05) is 59.1 Å². The molecule has 174 valence electrons. The van der Waals surface area contributed by atoms with E-state index in [2.05, 4.69) is 4.99 Å². The Hall–Kier alpha value is -2.61. The topological polar surface area (TPSA) is 62.9 Å². The van der Waals surface area contributed by atoms with Crippen molar-refractivity contribution in [3.05, 3.63) is 117 Å². The van der Waals surface area contributed by atoms with E-state index in [-0.39, 0.29) is 18.0 Å². The molecule has 0 radical (unpaired) electrons. The van der Waals surface area contributed by atoms with Crippen LogP contribution in [0.25, 0.3) is 0 Å². The molecule has 0 aliphatic carbocycles. The molecule has 0 spiro atoms. The van der Waals surface area contributed by atoms with Gasteiger partial charge in [-0.05, 0) is 66.2 Å². The van der Waals surface area contributed by atoms with Crippen molar-refractivity contribution in [2.75, 3.05) is 0 Å². The van der Waals surface area contributed by atoms with E-state index in [4.69, 9.17) is 39.2 Å². The summed E-state index contributed by atoms with van der Waals surface area (Å²) in [6, 6.07) is 24.0. The molecule has 0 aliphatic heterocycles. The third kappa shape index (κ3) is 6.09. The minimum Gasteiger partial charge on any atom is -0.459 e. The summed E-state index contributed by atoms with van der Waals surface area (Å²) in [5, 5.41) is 1.19. The standard InChI is InChI=1S/C25H19Cl3N2O3S/c26-19-7-11-23(12-8-19)34(31,32)30(16-18-6-13-24(27)25(28)14-18)17-22-10-9-21(33-22)15-29-20-4-2-1-3-5-20/h1-15H,16-17H2. The van der Waals surface area contributed by atoms with Crippen LogP contribution in [0.1, 0.15) is 17.1 Å². The lowest BCUT2D eigenvalue weighted by molar-refractivity contribution is 0.357. The molecule has 0 saturated heterocycles. The van der Waals surface area contributed by atoms with Gasteiger partial charge in [0, 0.05) is 11.6 Å². The van der Waals surface area contributed by atoms with Crippen LogP contribution in [0.2, 0.25) is 15.1 Å². The predicted molar refractivity (Wildman–Crippen MR) is 137 cm³/mol. The van der Waals surface area contributed by atoms with Crippen LogP contribution in [0.4, 0.5) is 5.69 Å². The molecule has 5 nitrogen and oxygen atoms in total. The van der Waals surface area contributed by atoms with Gasteiger partial charge in [-0.3, -0.25) is 4.99 Å². The first kappa shape index (κ1) is 24.5. The molecule has 1 heterocycles. The van der Waals surface area contributed by atoms with Gasteiger partial charge in [0.1, 0.15) is 11.5 Å². The number of hydrogen-bond acceptors (Lipinski definition) is 4. The van der Waals surface area contributed by atoms with Gasteiger partial charge < -0.3 is 4.42 Å². The molecule has 0 bridgehead atoms. The molecule has 0 unspecified atom stereocenters. The number of sulfonamides is 1. The quantitative estimate of drug-likeness (QED) is 0.222. The highest BCUT2D eigenvalue weighted by atomic mass is 35.5. The van der Waals surface area contributed by atoms with Gasteiger partial charge in [0.05, 0.1) is 33.4 Å². The molecular formula is C25H19Cl3N2O3S. The first-order valence-electron chi connectivity index (χ1n) is 10.2. The van der Waals surface area contributed by atoms with Gasteiger partial charge >= 0.3 is 0 Å². The largest absolute Gasteiger partial charge is 0.459 e. The molecule has 0 aliphatic rings. The summed E-state index contributed by atoms with van der Waals surface area (Å²) < 4.78 is 34.1. The van der Waals surface area contributed by atoms with Crippen molar-refractivity contribution in [2.24, 2.45) is 4.99 Å². The third-order valence-electron chi connectivity index (χ3n) is 4.91. The smallest absolute Gasteiger partial charge is 0.243 e. The summed E-state index contributed by atoms with van der Waals surface area (Å²) in [5.41, 5.74) is 1.47. The summed E-state index contributed by atoms with van der Waals surface area (Å²) in [6.07, 6.45) is 1.59. The van der Waals surface area contributed by atoms with Crippen LogP contribution >= 0.6 is 34.8 Å². The summed E-state index contributed by atoms with van der Waals surface area (Å²) in [7, 11) is -3.88. The maximum absolute atomic E-state index is 13.5. The second kappa shape index (κ2) is 10.8. The van der Waals surface area contributed by atoms with Crippen molar-refractivity contribution >= 4 is 56.7 Å². The molecule has 4 aromatic rings. The molecule has 0 amide bonds. The number of halogens is 3. The van der Waals surface area contributed by atoms with Crippen LogP contribution in [0.3, 0.4) is 0 Å². The fraction of sp³-hybridized carbons (Fsp3) is 0.0800. The highest BCUT2D eigenvalue weighted by Crippen LogP contribution is 2.27. The number of rotatable bonds is 8. The second-order valence-electron chi connectivity index (χ2n) is 7.37. The van der Waals surface area contributed by atoms with Crippen LogP contribution in [0, 0.1) is 0 Å². The summed E-state index contributed by atoms with van der Waals surface area (Å²) >= 11 is 18.1. The Kier molecular flexibility index (Phi) is 7.76. The highest BCUT2D eigenvalue weighted by molar-refractivity contribution is 7.89. The first-order valence-corrected chi connectivity index (χ1v) is 12.8. The molecular weight excluding hydrogens is 515 g/mol. The second-order valence-corrected chi connectivity index (χ2v) is 10.6. The molecule has 9 heteroatoms. The molecule has 34 heavy (non-hydrogen) atoms. The number of benzene rings is 3. The number of nitrogens with zero attached hydrogens (tertiary/aromatic N) is 2. The van der Waals surface area contributed by atoms with Crippen LogP contribution in [-0.2, 0) is 23.1 Å². The number of hydrogen-bond donors (Lipinski definition) is 0. The average Bonchev–Trinajstić information content (AvgIpc) is 3.28. The minimum absolute atomic E-state index is 0.00435. The zero-order valence-corrected chi connectivity index (χ0v) is 20.8. The van der Waals surface area contributed by atoms with Gasteiger partial charge in [0.15, 0.2) is 0 Å². The summed E-state index contributed by atoms with van der Waals surface area (Å²) in [5.74, 6) is 0.976. The monoisotopic (exact) mass is 532 g/mol. The maximum atomic E-state index is 13.5. The summed E-state index contributed by atoms with van der Waals surface area (Å²) in [4.78, 5) is 4.49. The van der Waals surface area contributed by atoms with Crippen molar-refractivity contribution in [3.8, 4) is 0 Å². The van der Waals surface area contributed by atoms with Crippen LogP contribution in [-0.4, -0.2) is 18.9 Å². The van der Waals surface area contributed by atoms with E-state index in [0.717, 1.165) is 5.69 Å². The third-order valence-corrected chi connectivity index (χ3v) is 7.70. The van der Waals surface area contributed by atoms with Gasteiger partial charge in [-0.25, -0.2) is 8.42 Å². The molecule has 1 aromatic heterocycles. The van der Waals surface area contributed by atoms with E-state index in [1.54, 1.807) is 36.5 Å². The van der Waals surface area contributed by atoms with E-state index in [0.29, 0.717) is 32.2 Å². The average molecular weight is 534 g/mol. The number of furan rings is 1. The Bertz CT molecular complexity index is 1400. The van der Waals surface area contributed by atoms with Gasteiger partial charge in [-0.2, -0.15) is 4.31 Å². The van der Waals surface area contributed by atoms with Crippen molar-refractivity contribution in [3.63, 3.8) is 0 Å². The Morgan fingerprint density at radius 2 is 1.56 bits per heavy atom. The van der Waals surface area contributed by atoms with E-state index in [9.17, 15) is 8.42 Å². The molecule has 0 atom stereocenters. The van der Waals surface area contributed by atoms with Gasteiger partial charge in [0.2, 0.25) is 10.0 Å². The lowest BCUT2D eigenvalue weighted by Crippen LogP contribution is -2.30. The fourth-order valence-electron chi connectivity index (χ4n) is 3.20. The summed E-state index contributed by atoms with van der Waals surface area (Å²) in [6.45, 7) is 0.0698. The number of para-hydroxylation sites is 1. The predicted octanol–water partition coefficient (Wildman–Crippen LogP) is 7.38. The lowest BCUT2D eigenvalue weighted by Gasteiger charge is -2.22. The number of aliphatic imine (C=N–C) groups is 1. The van der Waals surface area contributed by atoms with Crippen molar-refractivity contribution in [1.29, 1.82) is 0 Å². The lowest BCUT2D eigenvalue weighted by atomic mass is 10.2. The van der Waals surface area contributed by atoms with Crippen LogP contribution in [0.15, 0.2) is 99.2 Å². The zero-order chi connectivity index (χ0) is 24.1. The van der Waals surface area contributed by atoms with E-state index >= 15 is 0 Å². The normalized spacial score (nSPS) is 12.0. The Balaban J connectivity index is 1.61. The zero-order valence-electron chi connectivity index (χ0n) is 17.7. The van der Waals surface area contributed by atoms with Crippen molar-refractivity contribution in [1.82, 2.24) is 4.31 Å². The van der Waals surface area contributed by atoms with Crippen LogP contribution in [0.5, 0.6) is 0 Å². The van der Waals surface area contributed by atoms with E-state index in [1.165, 1.54) is 28.6 Å².